The summed E-state index contributed by atoms with van der Waals surface area (Å²) in [5.41, 5.74) is 2.06. The number of fused-ring (bicyclic) bond motifs is 1. The summed E-state index contributed by atoms with van der Waals surface area (Å²) < 4.78 is 1.68. The first kappa shape index (κ1) is 12.5. The lowest BCUT2D eigenvalue weighted by Crippen LogP contribution is -2.35. The van der Waals surface area contributed by atoms with Crippen molar-refractivity contribution < 1.29 is 9.90 Å². The molecule has 0 fully saturated rings. The van der Waals surface area contributed by atoms with Crippen LogP contribution in [-0.4, -0.2) is 38.4 Å². The number of rotatable bonds is 3. The van der Waals surface area contributed by atoms with Gasteiger partial charge in [0.2, 0.25) is 0 Å². The molecule has 0 aromatic carbocycles. The molecule has 0 bridgehead atoms. The Labute approximate surface area is 105 Å². The van der Waals surface area contributed by atoms with Crippen LogP contribution in [0.5, 0.6) is 0 Å². The molecule has 18 heavy (non-hydrogen) atoms. The second kappa shape index (κ2) is 4.73. The Morgan fingerprint density at radius 1 is 1.61 bits per heavy atom. The van der Waals surface area contributed by atoms with Crippen molar-refractivity contribution in [1.82, 2.24) is 20.1 Å². The molecule has 0 aliphatic carbocycles. The van der Waals surface area contributed by atoms with Gasteiger partial charge < -0.3 is 10.4 Å². The van der Waals surface area contributed by atoms with Crippen molar-refractivity contribution in [2.24, 2.45) is 7.05 Å². The fourth-order valence-electron chi connectivity index (χ4n) is 1.78. The molecule has 2 aromatic rings. The normalized spacial score (nSPS) is 12.7. The maximum Gasteiger partial charge on any atom is 0.253 e. The number of nitrogens with zero attached hydrogens (tertiary/aromatic N) is 3. The zero-order chi connectivity index (χ0) is 13.3. The minimum absolute atomic E-state index is 0.0899. The monoisotopic (exact) mass is 248 g/mol. The van der Waals surface area contributed by atoms with E-state index in [0.717, 1.165) is 16.7 Å². The van der Waals surface area contributed by atoms with Crippen LogP contribution in [-0.2, 0) is 7.05 Å². The fraction of sp³-hybridized carbons (Fsp3) is 0.417. The number of aliphatic hydroxyl groups is 1. The van der Waals surface area contributed by atoms with E-state index in [1.807, 2.05) is 14.0 Å². The highest BCUT2D eigenvalue weighted by atomic mass is 16.3. The Bertz CT molecular complexity index is 591. The van der Waals surface area contributed by atoms with Crippen LogP contribution in [0.1, 0.15) is 23.0 Å². The first-order valence-electron chi connectivity index (χ1n) is 5.74. The summed E-state index contributed by atoms with van der Waals surface area (Å²) in [5.74, 6) is -0.241. The molecule has 2 aromatic heterocycles. The van der Waals surface area contributed by atoms with Crippen molar-refractivity contribution in [3.05, 3.63) is 23.5 Å². The second-order valence-corrected chi connectivity index (χ2v) is 4.36. The molecule has 0 radical (unpaired) electrons. The van der Waals surface area contributed by atoms with Gasteiger partial charge in [-0.2, -0.15) is 5.10 Å². The Hall–Kier alpha value is -1.95. The minimum atomic E-state index is -0.275. The van der Waals surface area contributed by atoms with Crippen molar-refractivity contribution >= 4 is 16.9 Å². The van der Waals surface area contributed by atoms with Crippen molar-refractivity contribution in [3.8, 4) is 0 Å². The van der Waals surface area contributed by atoms with Crippen molar-refractivity contribution in [2.45, 2.75) is 19.9 Å². The highest BCUT2D eigenvalue weighted by molar-refractivity contribution is 5.97. The van der Waals surface area contributed by atoms with Gasteiger partial charge in [0.15, 0.2) is 5.65 Å². The zero-order valence-electron chi connectivity index (χ0n) is 10.6. The number of nitrogens with one attached hydrogen (secondary N) is 1. The van der Waals surface area contributed by atoms with Gasteiger partial charge in [0.1, 0.15) is 0 Å². The molecular weight excluding hydrogens is 232 g/mol. The van der Waals surface area contributed by atoms with Crippen LogP contribution < -0.4 is 5.32 Å². The summed E-state index contributed by atoms with van der Waals surface area (Å²) in [7, 11) is 1.82. The second-order valence-electron chi connectivity index (χ2n) is 4.36. The van der Waals surface area contributed by atoms with Crippen LogP contribution in [0, 0.1) is 6.92 Å². The number of amides is 1. The molecule has 96 valence electrons. The molecule has 2 N–H and O–H groups in total. The summed E-state index contributed by atoms with van der Waals surface area (Å²) in [6, 6.07) is 1.49. The number of carbonyl (C=O) groups is 1. The van der Waals surface area contributed by atoms with Gasteiger partial charge in [-0.15, -0.1) is 0 Å². The molecule has 0 unspecified atom stereocenters. The SMILES string of the molecule is Cc1nn(C)c2ncc(C(=O)N[C@@H](C)CO)cc12. The number of pyridine rings is 1. The number of aromatic nitrogens is 3. The lowest BCUT2D eigenvalue weighted by atomic mass is 10.2. The highest BCUT2D eigenvalue weighted by Gasteiger charge is 2.13. The van der Waals surface area contributed by atoms with Crippen LogP contribution in [0.4, 0.5) is 0 Å². The van der Waals surface area contributed by atoms with Crippen LogP contribution in [0.2, 0.25) is 0 Å². The lowest BCUT2D eigenvalue weighted by molar-refractivity contribution is 0.0922. The Morgan fingerprint density at radius 2 is 2.33 bits per heavy atom. The van der Waals surface area contributed by atoms with E-state index in [9.17, 15) is 4.79 Å². The third kappa shape index (κ3) is 2.19. The van der Waals surface area contributed by atoms with E-state index in [1.165, 1.54) is 6.20 Å². The molecule has 1 atom stereocenters. The minimum Gasteiger partial charge on any atom is -0.394 e. The van der Waals surface area contributed by atoms with Gasteiger partial charge in [-0.1, -0.05) is 0 Å². The highest BCUT2D eigenvalue weighted by Crippen LogP contribution is 2.16. The molecular formula is C12H16N4O2. The van der Waals surface area contributed by atoms with Gasteiger partial charge in [-0.05, 0) is 19.9 Å². The van der Waals surface area contributed by atoms with E-state index in [1.54, 1.807) is 17.7 Å². The predicted molar refractivity (Wildman–Crippen MR) is 67.3 cm³/mol. The number of aliphatic hydroxyl groups excluding tert-OH is 1. The van der Waals surface area contributed by atoms with E-state index in [-0.39, 0.29) is 18.6 Å². The lowest BCUT2D eigenvalue weighted by Gasteiger charge is -2.10. The van der Waals surface area contributed by atoms with Crippen molar-refractivity contribution in [1.29, 1.82) is 0 Å². The van der Waals surface area contributed by atoms with E-state index in [4.69, 9.17) is 5.11 Å². The Morgan fingerprint density at radius 3 is 3.00 bits per heavy atom. The standard InChI is InChI=1S/C12H16N4O2/c1-7(6-17)14-12(18)9-4-10-8(2)15-16(3)11(10)13-5-9/h4-5,7,17H,6H2,1-3H3,(H,14,18)/t7-/m0/s1. The number of carbonyl (C=O) groups excluding carboxylic acids is 1. The molecule has 1 amide bonds. The molecule has 6 heteroatoms. The molecule has 0 aliphatic rings. The Balaban J connectivity index is 2.35. The van der Waals surface area contributed by atoms with E-state index >= 15 is 0 Å². The summed E-state index contributed by atoms with van der Waals surface area (Å²) in [4.78, 5) is 16.1. The van der Waals surface area contributed by atoms with Gasteiger partial charge in [-0.25, -0.2) is 4.98 Å². The van der Waals surface area contributed by atoms with Crippen LogP contribution in [0.25, 0.3) is 11.0 Å². The average molecular weight is 248 g/mol. The molecule has 0 saturated heterocycles. The van der Waals surface area contributed by atoms with Gasteiger partial charge in [0.05, 0.1) is 17.9 Å². The summed E-state index contributed by atoms with van der Waals surface area (Å²) in [6.45, 7) is 3.52. The first-order valence-corrected chi connectivity index (χ1v) is 5.74. The fourth-order valence-corrected chi connectivity index (χ4v) is 1.78. The summed E-state index contributed by atoms with van der Waals surface area (Å²) in [6.07, 6.45) is 1.52. The maximum absolute atomic E-state index is 11.9. The largest absolute Gasteiger partial charge is 0.394 e. The number of hydrogen-bond acceptors (Lipinski definition) is 4. The maximum atomic E-state index is 11.9. The predicted octanol–water partition coefficient (Wildman–Crippen LogP) is 0.387. The van der Waals surface area contributed by atoms with Crippen LogP contribution >= 0.6 is 0 Å². The van der Waals surface area contributed by atoms with E-state index in [0.29, 0.717) is 5.56 Å². The van der Waals surface area contributed by atoms with Gasteiger partial charge in [0, 0.05) is 24.7 Å². The Kier molecular flexibility index (Phi) is 3.29. The molecule has 2 rings (SSSR count). The van der Waals surface area contributed by atoms with Gasteiger partial charge in [0.25, 0.3) is 5.91 Å². The summed E-state index contributed by atoms with van der Waals surface area (Å²) in [5, 5.41) is 16.7. The smallest absolute Gasteiger partial charge is 0.253 e. The molecule has 0 aliphatic heterocycles. The van der Waals surface area contributed by atoms with E-state index in [2.05, 4.69) is 15.4 Å². The summed E-state index contributed by atoms with van der Waals surface area (Å²) >= 11 is 0. The zero-order valence-corrected chi connectivity index (χ0v) is 10.6. The third-order valence-electron chi connectivity index (χ3n) is 2.78. The van der Waals surface area contributed by atoms with E-state index < -0.39 is 0 Å². The average Bonchev–Trinajstić information content (AvgIpc) is 2.64. The first-order chi connectivity index (χ1) is 8.52. The third-order valence-corrected chi connectivity index (χ3v) is 2.78. The topological polar surface area (TPSA) is 80.0 Å². The quantitative estimate of drug-likeness (QED) is 0.823. The van der Waals surface area contributed by atoms with Crippen LogP contribution in [0.3, 0.4) is 0 Å². The number of aryl methyl sites for hydroxylation is 2. The van der Waals surface area contributed by atoms with Gasteiger partial charge >= 0.3 is 0 Å². The molecule has 2 heterocycles. The van der Waals surface area contributed by atoms with Crippen LogP contribution in [0.15, 0.2) is 12.3 Å². The molecule has 0 saturated carbocycles. The van der Waals surface area contributed by atoms with Gasteiger partial charge in [-0.3, -0.25) is 9.48 Å². The number of hydrogen-bond donors (Lipinski definition) is 2. The molecule has 0 spiro atoms. The van der Waals surface area contributed by atoms with Crippen molar-refractivity contribution in [2.75, 3.05) is 6.61 Å². The molecule has 6 nitrogen and oxygen atoms in total. The van der Waals surface area contributed by atoms with Crippen molar-refractivity contribution in [3.63, 3.8) is 0 Å².